The first kappa shape index (κ1) is 16.2. The van der Waals surface area contributed by atoms with Crippen molar-refractivity contribution >= 4 is 29.3 Å². The number of nitrogens with two attached hydrogens (primary N) is 1. The molecule has 7 heteroatoms. The lowest BCUT2D eigenvalue weighted by molar-refractivity contribution is -0.115. The molecule has 0 aliphatic carbocycles. The Morgan fingerprint density at radius 2 is 2.00 bits per heavy atom. The van der Waals surface area contributed by atoms with Crippen LogP contribution in [0.25, 0.3) is 0 Å². The van der Waals surface area contributed by atoms with Crippen molar-refractivity contribution in [2.45, 2.75) is 37.6 Å². The number of carbonyl (C=O) groups is 1. The summed E-state index contributed by atoms with van der Waals surface area (Å²) in [5, 5.41) is 3.17. The average molecular weight is 317 g/mol. The Hall–Kier alpha value is -2.15. The Balaban J connectivity index is 2.12. The molecule has 1 heterocycles. The number of para-hydroxylation sites is 1. The van der Waals surface area contributed by atoms with Gasteiger partial charge >= 0.3 is 0 Å². The predicted molar refractivity (Wildman–Crippen MR) is 88.7 cm³/mol. The number of aromatic nitrogens is 3. The van der Waals surface area contributed by atoms with Gasteiger partial charge in [-0.15, -0.1) is 0 Å². The van der Waals surface area contributed by atoms with E-state index in [0.717, 1.165) is 16.8 Å². The Bertz CT molecular complexity index is 656. The second kappa shape index (κ2) is 7.22. The smallest absolute Gasteiger partial charge is 0.237 e. The number of nitrogens with one attached hydrogen (secondary N) is 1. The van der Waals surface area contributed by atoms with Crippen LogP contribution in [0.1, 0.15) is 24.5 Å². The van der Waals surface area contributed by atoms with Crippen molar-refractivity contribution in [2.75, 3.05) is 11.1 Å². The van der Waals surface area contributed by atoms with E-state index in [1.54, 1.807) is 0 Å². The molecule has 0 bridgehead atoms. The molecule has 1 unspecified atom stereocenters. The van der Waals surface area contributed by atoms with Gasteiger partial charge in [-0.25, -0.2) is 9.97 Å². The topological polar surface area (TPSA) is 93.8 Å². The molecule has 1 atom stereocenters. The van der Waals surface area contributed by atoms with Gasteiger partial charge in [-0.2, -0.15) is 4.98 Å². The Morgan fingerprint density at radius 1 is 1.32 bits per heavy atom. The van der Waals surface area contributed by atoms with Gasteiger partial charge in [0.15, 0.2) is 5.16 Å². The molecule has 0 aliphatic rings. The van der Waals surface area contributed by atoms with Gasteiger partial charge in [0.25, 0.3) is 0 Å². The lowest BCUT2D eigenvalue weighted by Gasteiger charge is -2.16. The SMILES string of the molecule is CCC(Sc1ncnc(N)n1)C(=O)Nc1c(C)cccc1C. The molecule has 1 amide bonds. The van der Waals surface area contributed by atoms with Crippen LogP contribution < -0.4 is 11.1 Å². The van der Waals surface area contributed by atoms with Gasteiger partial charge < -0.3 is 11.1 Å². The van der Waals surface area contributed by atoms with Gasteiger partial charge in [0, 0.05) is 5.69 Å². The molecule has 0 saturated carbocycles. The zero-order valence-corrected chi connectivity index (χ0v) is 13.6. The van der Waals surface area contributed by atoms with Crippen LogP contribution in [0.3, 0.4) is 0 Å². The highest BCUT2D eigenvalue weighted by Crippen LogP contribution is 2.25. The van der Waals surface area contributed by atoms with Gasteiger partial charge in [0.2, 0.25) is 11.9 Å². The molecule has 1 aromatic carbocycles. The van der Waals surface area contributed by atoms with Crippen molar-refractivity contribution in [1.82, 2.24) is 15.0 Å². The van der Waals surface area contributed by atoms with Crippen molar-refractivity contribution in [2.24, 2.45) is 0 Å². The molecular formula is C15H19N5OS. The average Bonchev–Trinajstić information content (AvgIpc) is 2.48. The van der Waals surface area contributed by atoms with E-state index in [9.17, 15) is 4.79 Å². The van der Waals surface area contributed by atoms with Crippen molar-refractivity contribution in [3.8, 4) is 0 Å². The van der Waals surface area contributed by atoms with E-state index in [1.165, 1.54) is 18.1 Å². The van der Waals surface area contributed by atoms with Crippen LogP contribution >= 0.6 is 11.8 Å². The lowest BCUT2D eigenvalue weighted by atomic mass is 10.1. The molecular weight excluding hydrogens is 298 g/mol. The minimum atomic E-state index is -0.291. The largest absolute Gasteiger partial charge is 0.368 e. The maximum atomic E-state index is 12.5. The predicted octanol–water partition coefficient (Wildman–Crippen LogP) is 2.58. The van der Waals surface area contributed by atoms with Crippen molar-refractivity contribution in [3.63, 3.8) is 0 Å². The van der Waals surface area contributed by atoms with Crippen LogP contribution in [0.15, 0.2) is 29.7 Å². The van der Waals surface area contributed by atoms with E-state index < -0.39 is 0 Å². The van der Waals surface area contributed by atoms with E-state index in [4.69, 9.17) is 5.73 Å². The molecule has 0 spiro atoms. The molecule has 2 rings (SSSR count). The van der Waals surface area contributed by atoms with Crippen LogP contribution in [0.4, 0.5) is 11.6 Å². The number of rotatable bonds is 5. The molecule has 2 aromatic rings. The zero-order chi connectivity index (χ0) is 16.1. The fourth-order valence-electron chi connectivity index (χ4n) is 2.01. The van der Waals surface area contributed by atoms with Crippen LogP contribution in [-0.4, -0.2) is 26.1 Å². The first-order chi connectivity index (χ1) is 10.5. The Morgan fingerprint density at radius 3 is 2.59 bits per heavy atom. The lowest BCUT2D eigenvalue weighted by Crippen LogP contribution is -2.25. The zero-order valence-electron chi connectivity index (χ0n) is 12.8. The van der Waals surface area contributed by atoms with Gasteiger partial charge in [-0.05, 0) is 31.4 Å². The third-order valence-corrected chi connectivity index (χ3v) is 4.45. The van der Waals surface area contributed by atoms with Crippen LogP contribution in [0.2, 0.25) is 0 Å². The summed E-state index contributed by atoms with van der Waals surface area (Å²) in [6.45, 7) is 5.90. The minimum Gasteiger partial charge on any atom is -0.368 e. The highest BCUT2D eigenvalue weighted by molar-refractivity contribution is 8.00. The molecule has 22 heavy (non-hydrogen) atoms. The molecule has 6 nitrogen and oxygen atoms in total. The second-order valence-corrected chi connectivity index (χ2v) is 6.07. The summed E-state index contributed by atoms with van der Waals surface area (Å²) in [6.07, 6.45) is 2.01. The quantitative estimate of drug-likeness (QED) is 0.823. The summed E-state index contributed by atoms with van der Waals surface area (Å²) in [7, 11) is 0. The Kier molecular flexibility index (Phi) is 5.32. The van der Waals surface area contributed by atoms with Gasteiger partial charge in [0.05, 0.1) is 5.25 Å². The summed E-state index contributed by atoms with van der Waals surface area (Å²) in [6, 6.07) is 5.92. The molecule has 0 radical (unpaired) electrons. The van der Waals surface area contributed by atoms with Crippen molar-refractivity contribution in [1.29, 1.82) is 0 Å². The number of anilines is 2. The third kappa shape index (κ3) is 3.94. The van der Waals surface area contributed by atoms with Crippen molar-refractivity contribution < 1.29 is 4.79 Å². The molecule has 0 fully saturated rings. The number of amides is 1. The van der Waals surface area contributed by atoms with E-state index in [2.05, 4.69) is 20.3 Å². The number of aryl methyl sites for hydroxylation is 2. The van der Waals surface area contributed by atoms with Crippen LogP contribution in [0.5, 0.6) is 0 Å². The number of carbonyl (C=O) groups excluding carboxylic acids is 1. The fraction of sp³-hybridized carbons (Fsp3) is 0.333. The van der Waals surface area contributed by atoms with E-state index in [0.29, 0.717) is 11.6 Å². The molecule has 116 valence electrons. The molecule has 3 N–H and O–H groups in total. The second-order valence-electron chi connectivity index (χ2n) is 4.90. The standard InChI is InChI=1S/C15H19N5OS/c1-4-11(22-15-18-8-17-14(16)20-15)13(21)19-12-9(2)6-5-7-10(12)3/h5-8,11H,4H2,1-3H3,(H,19,21)(H2,16,17,18,20). The van der Waals surface area contributed by atoms with Crippen LogP contribution in [-0.2, 0) is 4.79 Å². The number of benzene rings is 1. The Labute approximate surface area is 134 Å². The fourth-order valence-corrected chi connectivity index (χ4v) is 2.86. The number of thioether (sulfide) groups is 1. The molecule has 0 aliphatic heterocycles. The summed E-state index contributed by atoms with van der Waals surface area (Å²) in [5.74, 6) is 0.0893. The van der Waals surface area contributed by atoms with E-state index in [-0.39, 0.29) is 17.1 Å². The molecule has 1 aromatic heterocycles. The van der Waals surface area contributed by atoms with Crippen molar-refractivity contribution in [3.05, 3.63) is 35.7 Å². The highest BCUT2D eigenvalue weighted by atomic mass is 32.2. The van der Waals surface area contributed by atoms with Crippen LogP contribution in [0, 0.1) is 13.8 Å². The summed E-state index contributed by atoms with van der Waals surface area (Å²) in [4.78, 5) is 24.3. The van der Waals surface area contributed by atoms with E-state index >= 15 is 0 Å². The first-order valence-electron chi connectivity index (χ1n) is 6.99. The number of nitrogen functional groups attached to an aromatic ring is 1. The number of nitrogens with zero attached hydrogens (tertiary/aromatic N) is 3. The third-order valence-electron chi connectivity index (χ3n) is 3.21. The summed E-state index contributed by atoms with van der Waals surface area (Å²) < 4.78 is 0. The van der Waals surface area contributed by atoms with E-state index in [1.807, 2.05) is 39.0 Å². The summed E-state index contributed by atoms with van der Waals surface area (Å²) in [5.41, 5.74) is 8.48. The number of hydrogen-bond acceptors (Lipinski definition) is 6. The maximum Gasteiger partial charge on any atom is 0.237 e. The number of hydrogen-bond donors (Lipinski definition) is 2. The highest BCUT2D eigenvalue weighted by Gasteiger charge is 2.20. The first-order valence-corrected chi connectivity index (χ1v) is 7.87. The maximum absolute atomic E-state index is 12.5. The van der Waals surface area contributed by atoms with Gasteiger partial charge in [0.1, 0.15) is 6.33 Å². The summed E-state index contributed by atoms with van der Waals surface area (Å²) >= 11 is 1.29. The van der Waals surface area contributed by atoms with Gasteiger partial charge in [-0.1, -0.05) is 36.9 Å². The minimum absolute atomic E-state index is 0.0658. The molecule has 0 saturated heterocycles. The monoisotopic (exact) mass is 317 g/mol. The van der Waals surface area contributed by atoms with Gasteiger partial charge in [-0.3, -0.25) is 4.79 Å². The normalized spacial score (nSPS) is 12.0.